The molecular weight excluding hydrogens is 230 g/mol. The zero-order valence-corrected chi connectivity index (χ0v) is 10.8. The molecule has 0 aromatic carbocycles. The van der Waals surface area contributed by atoms with Gasteiger partial charge in [0.1, 0.15) is 5.82 Å². The van der Waals surface area contributed by atoms with Crippen LogP contribution in [0, 0.1) is 5.92 Å². The Labute approximate surface area is 107 Å². The zero-order valence-electron chi connectivity index (χ0n) is 10.8. The van der Waals surface area contributed by atoms with Gasteiger partial charge < -0.3 is 15.3 Å². The summed E-state index contributed by atoms with van der Waals surface area (Å²) in [6.07, 6.45) is 1.99. The van der Waals surface area contributed by atoms with Crippen LogP contribution < -0.4 is 10.2 Å². The molecule has 0 spiro atoms. The lowest BCUT2D eigenvalue weighted by molar-refractivity contribution is 0.186. The summed E-state index contributed by atoms with van der Waals surface area (Å²) in [7, 11) is 0. The Bertz CT molecular complexity index is 413. The fraction of sp³-hybridized carbons (Fsp3) is 0.538. The van der Waals surface area contributed by atoms with Gasteiger partial charge in [-0.05, 0) is 24.0 Å². The molecule has 1 atom stereocenters. The van der Waals surface area contributed by atoms with E-state index in [1.165, 1.54) is 6.42 Å². The molecular formula is C13H19N3O2. The molecule has 5 heteroatoms. The highest BCUT2D eigenvalue weighted by Gasteiger charge is 2.20. The fourth-order valence-corrected chi connectivity index (χ4v) is 2.08. The SMILES string of the molecule is CC(C)C(NC(=O)O)c1ccc(N2CCC2)nc1. The normalized spacial score (nSPS) is 16.3. The van der Waals surface area contributed by atoms with Crippen molar-refractivity contribution in [3.63, 3.8) is 0 Å². The minimum atomic E-state index is -1.000. The van der Waals surface area contributed by atoms with Crippen LogP contribution in [0.3, 0.4) is 0 Å². The molecule has 1 saturated heterocycles. The summed E-state index contributed by atoms with van der Waals surface area (Å²) < 4.78 is 0. The van der Waals surface area contributed by atoms with E-state index in [1.54, 1.807) is 6.20 Å². The number of pyridine rings is 1. The second-order valence-corrected chi connectivity index (χ2v) is 4.96. The van der Waals surface area contributed by atoms with Gasteiger partial charge in [-0.1, -0.05) is 19.9 Å². The van der Waals surface area contributed by atoms with Gasteiger partial charge in [0.2, 0.25) is 0 Å². The maximum atomic E-state index is 10.8. The number of aromatic nitrogens is 1. The van der Waals surface area contributed by atoms with Crippen LogP contribution in [-0.2, 0) is 0 Å². The van der Waals surface area contributed by atoms with Gasteiger partial charge in [0.15, 0.2) is 0 Å². The third kappa shape index (κ3) is 2.72. The lowest BCUT2D eigenvalue weighted by Gasteiger charge is -2.32. The highest BCUT2D eigenvalue weighted by molar-refractivity contribution is 5.65. The molecule has 0 bridgehead atoms. The number of amides is 1. The van der Waals surface area contributed by atoms with E-state index >= 15 is 0 Å². The van der Waals surface area contributed by atoms with E-state index in [0.29, 0.717) is 0 Å². The molecule has 1 fully saturated rings. The summed E-state index contributed by atoms with van der Waals surface area (Å²) >= 11 is 0. The van der Waals surface area contributed by atoms with E-state index in [-0.39, 0.29) is 12.0 Å². The molecule has 2 heterocycles. The van der Waals surface area contributed by atoms with Crippen molar-refractivity contribution in [2.24, 2.45) is 5.92 Å². The molecule has 1 unspecified atom stereocenters. The first kappa shape index (κ1) is 12.7. The van der Waals surface area contributed by atoms with Crippen LogP contribution in [0.5, 0.6) is 0 Å². The lowest BCUT2D eigenvalue weighted by Crippen LogP contribution is -2.37. The number of anilines is 1. The third-order valence-corrected chi connectivity index (χ3v) is 3.26. The zero-order chi connectivity index (χ0) is 13.1. The Balaban J connectivity index is 2.12. The number of rotatable bonds is 4. The lowest BCUT2D eigenvalue weighted by atomic mass is 9.97. The summed E-state index contributed by atoms with van der Waals surface area (Å²) in [6, 6.07) is 3.72. The second kappa shape index (κ2) is 5.25. The molecule has 0 aliphatic carbocycles. The summed E-state index contributed by atoms with van der Waals surface area (Å²) in [6.45, 7) is 6.11. The van der Waals surface area contributed by atoms with Crippen LogP contribution in [0.2, 0.25) is 0 Å². The quantitative estimate of drug-likeness (QED) is 0.859. The number of nitrogens with zero attached hydrogens (tertiary/aromatic N) is 2. The van der Waals surface area contributed by atoms with Gasteiger partial charge in [-0.25, -0.2) is 9.78 Å². The van der Waals surface area contributed by atoms with E-state index in [2.05, 4.69) is 15.2 Å². The fourth-order valence-electron chi connectivity index (χ4n) is 2.08. The standard InChI is InChI=1S/C13H19N3O2/c1-9(2)12(15-13(17)18)10-4-5-11(14-8-10)16-6-3-7-16/h4-5,8-9,12,15H,3,6-7H2,1-2H3,(H,17,18). The van der Waals surface area contributed by atoms with E-state index in [4.69, 9.17) is 5.11 Å². The van der Waals surface area contributed by atoms with Crippen LogP contribution in [0.15, 0.2) is 18.3 Å². The number of carbonyl (C=O) groups is 1. The van der Waals surface area contributed by atoms with Crippen LogP contribution >= 0.6 is 0 Å². The van der Waals surface area contributed by atoms with Crippen molar-refractivity contribution in [1.82, 2.24) is 10.3 Å². The Hall–Kier alpha value is -1.78. The van der Waals surface area contributed by atoms with Gasteiger partial charge in [-0.2, -0.15) is 0 Å². The first-order valence-corrected chi connectivity index (χ1v) is 6.28. The smallest absolute Gasteiger partial charge is 0.405 e. The first-order valence-electron chi connectivity index (χ1n) is 6.28. The Morgan fingerprint density at radius 3 is 2.56 bits per heavy atom. The molecule has 98 valence electrons. The molecule has 5 nitrogen and oxygen atoms in total. The van der Waals surface area contributed by atoms with Gasteiger partial charge in [0, 0.05) is 19.3 Å². The molecule has 1 aromatic heterocycles. The molecule has 1 amide bonds. The van der Waals surface area contributed by atoms with Crippen LogP contribution in [-0.4, -0.2) is 29.3 Å². The number of hydrogen-bond donors (Lipinski definition) is 2. The predicted molar refractivity (Wildman–Crippen MR) is 69.8 cm³/mol. The summed E-state index contributed by atoms with van der Waals surface area (Å²) in [5.74, 6) is 1.17. The van der Waals surface area contributed by atoms with Crippen molar-refractivity contribution < 1.29 is 9.90 Å². The molecule has 1 aliphatic rings. The van der Waals surface area contributed by atoms with Crippen molar-refractivity contribution in [3.8, 4) is 0 Å². The molecule has 0 saturated carbocycles. The van der Waals surface area contributed by atoms with Crippen LogP contribution in [0.4, 0.5) is 10.6 Å². The second-order valence-electron chi connectivity index (χ2n) is 4.96. The number of hydrogen-bond acceptors (Lipinski definition) is 3. The third-order valence-electron chi connectivity index (χ3n) is 3.26. The summed E-state index contributed by atoms with van der Waals surface area (Å²) in [5.41, 5.74) is 0.914. The Morgan fingerprint density at radius 2 is 2.17 bits per heavy atom. The Morgan fingerprint density at radius 1 is 1.44 bits per heavy atom. The number of nitrogens with one attached hydrogen (secondary N) is 1. The average molecular weight is 249 g/mol. The van der Waals surface area contributed by atoms with E-state index < -0.39 is 6.09 Å². The van der Waals surface area contributed by atoms with Gasteiger partial charge in [-0.15, -0.1) is 0 Å². The van der Waals surface area contributed by atoms with Crippen LogP contribution in [0.1, 0.15) is 31.9 Å². The largest absolute Gasteiger partial charge is 0.465 e. The Kier molecular flexibility index (Phi) is 3.69. The van der Waals surface area contributed by atoms with E-state index in [0.717, 1.165) is 24.5 Å². The summed E-state index contributed by atoms with van der Waals surface area (Å²) in [4.78, 5) is 17.4. The van der Waals surface area contributed by atoms with Crippen molar-refractivity contribution in [2.75, 3.05) is 18.0 Å². The first-order chi connectivity index (χ1) is 8.58. The van der Waals surface area contributed by atoms with Crippen LogP contribution in [0.25, 0.3) is 0 Å². The number of carboxylic acid groups (broad SMARTS) is 1. The highest BCUT2D eigenvalue weighted by atomic mass is 16.4. The van der Waals surface area contributed by atoms with Gasteiger partial charge >= 0.3 is 6.09 Å². The van der Waals surface area contributed by atoms with Gasteiger partial charge in [-0.3, -0.25) is 0 Å². The molecule has 1 aliphatic heterocycles. The highest BCUT2D eigenvalue weighted by Crippen LogP contribution is 2.24. The molecule has 0 radical (unpaired) electrons. The van der Waals surface area contributed by atoms with Crippen molar-refractivity contribution >= 4 is 11.9 Å². The summed E-state index contributed by atoms with van der Waals surface area (Å²) in [5, 5.41) is 11.4. The maximum Gasteiger partial charge on any atom is 0.405 e. The van der Waals surface area contributed by atoms with Crippen molar-refractivity contribution in [1.29, 1.82) is 0 Å². The average Bonchev–Trinajstić information content (AvgIpc) is 2.24. The van der Waals surface area contributed by atoms with Crippen molar-refractivity contribution in [2.45, 2.75) is 26.3 Å². The predicted octanol–water partition coefficient (Wildman–Crippen LogP) is 2.26. The van der Waals surface area contributed by atoms with Gasteiger partial charge in [0.05, 0.1) is 6.04 Å². The molecule has 1 aromatic rings. The topological polar surface area (TPSA) is 65.5 Å². The van der Waals surface area contributed by atoms with Gasteiger partial charge in [0.25, 0.3) is 0 Å². The monoisotopic (exact) mass is 249 g/mol. The molecule has 18 heavy (non-hydrogen) atoms. The minimum Gasteiger partial charge on any atom is -0.465 e. The van der Waals surface area contributed by atoms with E-state index in [9.17, 15) is 4.79 Å². The molecule has 2 N–H and O–H groups in total. The minimum absolute atomic E-state index is 0.192. The van der Waals surface area contributed by atoms with Crippen molar-refractivity contribution in [3.05, 3.63) is 23.9 Å². The van der Waals surface area contributed by atoms with E-state index in [1.807, 2.05) is 26.0 Å². The molecule has 2 rings (SSSR count). The maximum absolute atomic E-state index is 10.8.